The number of hydrogen-bond donors (Lipinski definition) is 0. The highest BCUT2D eigenvalue weighted by atomic mass is 32.2. The Morgan fingerprint density at radius 1 is 1.28 bits per heavy atom. The summed E-state index contributed by atoms with van der Waals surface area (Å²) in [4.78, 5) is 9.50. The number of hydrogen-bond acceptors (Lipinski definition) is 8. The summed E-state index contributed by atoms with van der Waals surface area (Å²) < 4.78 is 34.4. The minimum atomic E-state index is -3.33. The van der Waals surface area contributed by atoms with Crippen molar-refractivity contribution in [2.24, 2.45) is 0 Å². The highest BCUT2D eigenvalue weighted by Crippen LogP contribution is 2.36. The van der Waals surface area contributed by atoms with Crippen LogP contribution in [0.2, 0.25) is 0 Å². The van der Waals surface area contributed by atoms with E-state index in [2.05, 4.69) is 16.2 Å². The molecule has 12 heteroatoms. The first-order chi connectivity index (χ1) is 17.4. The van der Waals surface area contributed by atoms with Crippen molar-refractivity contribution in [1.82, 2.24) is 33.8 Å². The first kappa shape index (κ1) is 22.8. The van der Waals surface area contributed by atoms with Gasteiger partial charge in [0.05, 0.1) is 48.8 Å². The lowest BCUT2D eigenvalue weighted by Crippen LogP contribution is -2.63. The maximum atomic E-state index is 12.0. The van der Waals surface area contributed by atoms with Gasteiger partial charge in [0.1, 0.15) is 16.9 Å². The molecule has 6 heterocycles. The second-order valence-electron chi connectivity index (χ2n) is 9.39. The molecular weight excluding hydrogens is 480 g/mol. The molecule has 4 aromatic heterocycles. The summed E-state index contributed by atoms with van der Waals surface area (Å²) in [5.41, 5.74) is 2.97. The first-order valence-corrected chi connectivity index (χ1v) is 13.5. The fraction of sp³-hybridized carbons (Fsp3) is 0.375. The van der Waals surface area contributed by atoms with E-state index in [0.29, 0.717) is 18.0 Å². The Kier molecular flexibility index (Phi) is 5.36. The first-order valence-electron chi connectivity index (χ1n) is 11.6. The number of fused-ring (bicyclic) bond motifs is 1. The third kappa shape index (κ3) is 3.85. The highest BCUT2D eigenvalue weighted by Gasteiger charge is 2.49. The Morgan fingerprint density at radius 2 is 2.14 bits per heavy atom. The standard InChI is InChI=1S/C24H24N8O3S/c1-36(33,34)30-15-24(16-30,6-7-25)32-9-4-20(29-32)23-19-3-2-8-26-22(19)11-21(28-23)17-12-27-31(13-17)18-5-10-35-14-18/h2-4,8-9,11-13,18H,5-6,10,14-16H2,1H3/t18-/m0/s1. The van der Waals surface area contributed by atoms with Gasteiger partial charge in [-0.1, -0.05) is 0 Å². The van der Waals surface area contributed by atoms with Crippen LogP contribution in [0.25, 0.3) is 33.5 Å². The summed E-state index contributed by atoms with van der Waals surface area (Å²) in [7, 11) is -3.33. The van der Waals surface area contributed by atoms with Crippen LogP contribution in [0.5, 0.6) is 0 Å². The smallest absolute Gasteiger partial charge is 0.211 e. The predicted molar refractivity (Wildman–Crippen MR) is 131 cm³/mol. The van der Waals surface area contributed by atoms with Gasteiger partial charge < -0.3 is 4.74 Å². The predicted octanol–water partition coefficient (Wildman–Crippen LogP) is 2.20. The van der Waals surface area contributed by atoms with E-state index in [0.717, 1.165) is 35.2 Å². The largest absolute Gasteiger partial charge is 0.379 e. The van der Waals surface area contributed by atoms with Crippen LogP contribution in [-0.2, 0) is 20.3 Å². The Balaban J connectivity index is 1.39. The van der Waals surface area contributed by atoms with Gasteiger partial charge in [-0.25, -0.2) is 13.4 Å². The molecule has 0 aliphatic carbocycles. The second-order valence-corrected chi connectivity index (χ2v) is 11.4. The summed E-state index contributed by atoms with van der Waals surface area (Å²) in [6.45, 7) is 1.80. The molecule has 0 radical (unpaired) electrons. The van der Waals surface area contributed by atoms with Gasteiger partial charge >= 0.3 is 0 Å². The number of ether oxygens (including phenoxy) is 1. The minimum absolute atomic E-state index is 0.153. The molecule has 0 aromatic carbocycles. The molecule has 0 saturated carbocycles. The van der Waals surface area contributed by atoms with Crippen molar-refractivity contribution in [3.63, 3.8) is 0 Å². The molecule has 0 bridgehead atoms. The molecule has 1 atom stereocenters. The van der Waals surface area contributed by atoms with Gasteiger partial charge in [-0.15, -0.1) is 0 Å². The zero-order chi connectivity index (χ0) is 24.9. The van der Waals surface area contributed by atoms with E-state index >= 15 is 0 Å². The third-order valence-corrected chi connectivity index (χ3v) is 8.11. The number of pyridine rings is 2. The Bertz CT molecular complexity index is 1590. The number of sulfonamides is 1. The average Bonchev–Trinajstić information content (AvgIpc) is 3.60. The van der Waals surface area contributed by atoms with E-state index in [-0.39, 0.29) is 25.6 Å². The SMILES string of the molecule is CS(=O)(=O)N1CC(CC#N)(n2ccc(-c3nc(-c4cnn([C@H]5CCOC5)c4)cc4ncccc34)n2)C1. The van der Waals surface area contributed by atoms with Crippen LogP contribution in [0.1, 0.15) is 18.9 Å². The molecule has 2 fully saturated rings. The molecule has 0 spiro atoms. The Hall–Kier alpha value is -3.66. The van der Waals surface area contributed by atoms with E-state index in [1.165, 1.54) is 10.6 Å². The van der Waals surface area contributed by atoms with Crippen molar-refractivity contribution >= 4 is 20.9 Å². The van der Waals surface area contributed by atoms with Crippen molar-refractivity contribution in [1.29, 1.82) is 5.26 Å². The van der Waals surface area contributed by atoms with Gasteiger partial charge in [-0.05, 0) is 30.7 Å². The number of aromatic nitrogens is 6. The van der Waals surface area contributed by atoms with Crippen LogP contribution in [0.4, 0.5) is 0 Å². The third-order valence-electron chi connectivity index (χ3n) is 6.91. The van der Waals surface area contributed by atoms with Crippen molar-refractivity contribution in [3.05, 3.63) is 49.1 Å². The molecule has 0 unspecified atom stereocenters. The average molecular weight is 505 g/mol. The van der Waals surface area contributed by atoms with E-state index in [1.54, 1.807) is 23.3 Å². The summed E-state index contributed by atoms with van der Waals surface area (Å²) in [6, 6.07) is 10.0. The summed E-state index contributed by atoms with van der Waals surface area (Å²) >= 11 is 0. The van der Waals surface area contributed by atoms with Gasteiger partial charge in [0.15, 0.2) is 0 Å². The molecule has 4 aromatic rings. The summed E-state index contributed by atoms with van der Waals surface area (Å²) in [5, 5.41) is 19.6. The normalized spacial score (nSPS) is 19.8. The molecule has 184 valence electrons. The van der Waals surface area contributed by atoms with Gasteiger partial charge in [0.2, 0.25) is 10.0 Å². The van der Waals surface area contributed by atoms with E-state index < -0.39 is 15.6 Å². The van der Waals surface area contributed by atoms with Crippen molar-refractivity contribution in [2.45, 2.75) is 24.4 Å². The van der Waals surface area contributed by atoms with E-state index in [1.807, 2.05) is 35.1 Å². The van der Waals surface area contributed by atoms with Crippen LogP contribution >= 0.6 is 0 Å². The Labute approximate surface area is 208 Å². The number of nitriles is 1. The van der Waals surface area contributed by atoms with Crippen molar-refractivity contribution < 1.29 is 13.2 Å². The monoisotopic (exact) mass is 504 g/mol. The maximum Gasteiger partial charge on any atom is 0.211 e. The topological polar surface area (TPSA) is 132 Å². The molecule has 0 N–H and O–H groups in total. The summed E-state index contributed by atoms with van der Waals surface area (Å²) in [5.74, 6) is 0. The molecule has 2 aliphatic rings. The van der Waals surface area contributed by atoms with Crippen LogP contribution < -0.4 is 0 Å². The van der Waals surface area contributed by atoms with Crippen molar-refractivity contribution in [3.8, 4) is 28.7 Å². The van der Waals surface area contributed by atoms with Gasteiger partial charge in [-0.3, -0.25) is 14.3 Å². The molecule has 36 heavy (non-hydrogen) atoms. The molecule has 0 amide bonds. The minimum Gasteiger partial charge on any atom is -0.379 e. The lowest BCUT2D eigenvalue weighted by atomic mass is 9.89. The second kappa shape index (κ2) is 8.48. The quantitative estimate of drug-likeness (QED) is 0.390. The zero-order valence-electron chi connectivity index (χ0n) is 19.6. The Morgan fingerprint density at radius 3 is 2.89 bits per heavy atom. The van der Waals surface area contributed by atoms with Crippen LogP contribution in [0, 0.1) is 11.3 Å². The molecule has 2 aliphatic heterocycles. The maximum absolute atomic E-state index is 12.0. The highest BCUT2D eigenvalue weighted by molar-refractivity contribution is 7.88. The van der Waals surface area contributed by atoms with Gasteiger partial charge in [-0.2, -0.15) is 19.8 Å². The molecular formula is C24H24N8O3S. The van der Waals surface area contributed by atoms with Gasteiger partial charge in [0, 0.05) is 49.2 Å². The van der Waals surface area contributed by atoms with Crippen LogP contribution in [0.3, 0.4) is 0 Å². The van der Waals surface area contributed by atoms with Gasteiger partial charge in [0.25, 0.3) is 0 Å². The van der Waals surface area contributed by atoms with E-state index in [9.17, 15) is 13.7 Å². The fourth-order valence-corrected chi connectivity index (χ4v) is 5.81. The fourth-order valence-electron chi connectivity index (χ4n) is 4.86. The molecule has 6 rings (SSSR count). The lowest BCUT2D eigenvalue weighted by molar-refractivity contribution is 0.0726. The molecule has 11 nitrogen and oxygen atoms in total. The van der Waals surface area contributed by atoms with Crippen LogP contribution in [0.15, 0.2) is 49.1 Å². The lowest BCUT2D eigenvalue weighted by Gasteiger charge is -2.47. The zero-order valence-corrected chi connectivity index (χ0v) is 20.5. The number of nitrogens with zero attached hydrogens (tertiary/aromatic N) is 8. The molecule has 2 saturated heterocycles. The number of rotatable bonds is 6. The van der Waals surface area contributed by atoms with E-state index in [4.69, 9.17) is 14.8 Å². The van der Waals surface area contributed by atoms with Crippen LogP contribution in [-0.4, -0.2) is 74.8 Å². The van der Waals surface area contributed by atoms with Crippen molar-refractivity contribution in [2.75, 3.05) is 32.6 Å². The summed E-state index contributed by atoms with van der Waals surface area (Å²) in [6.07, 6.45) is 9.57.